The minimum Gasteiger partial charge on any atom is -0.0989 e. The second kappa shape index (κ2) is 5.52. The first-order valence-corrected chi connectivity index (χ1v) is 9.35. The molecule has 1 rings (SSSR count). The van der Waals surface area contributed by atoms with E-state index in [4.69, 9.17) is 11.6 Å². The van der Waals surface area contributed by atoms with E-state index in [1.165, 1.54) is 5.56 Å². The summed E-state index contributed by atoms with van der Waals surface area (Å²) >= 11 is 5.82. The number of aryl methyl sites for hydroxylation is 1. The molecule has 0 aromatic heterocycles. The molecule has 0 saturated carbocycles. The highest BCUT2D eigenvalue weighted by atomic mass is 35.5. The van der Waals surface area contributed by atoms with E-state index in [0.29, 0.717) is 0 Å². The number of hydrogen-bond donors (Lipinski definition) is 0. The van der Waals surface area contributed by atoms with Crippen LogP contribution in [0.2, 0.25) is 24.7 Å². The van der Waals surface area contributed by atoms with Gasteiger partial charge in [0.1, 0.15) is 0 Å². The molecular formula is C13H19ClSi. The number of allylic oxidation sites excluding steroid dienone is 1. The first-order chi connectivity index (χ1) is 6.97. The standard InChI is InChI=1S/C13H19ClSi/c1-15(2,3)11-5-4-6-12-7-9-13(14)10-8-12/h5,7-11H,4,6H2,1-3H3/b11-5+. The molecule has 0 bridgehead atoms. The van der Waals surface area contributed by atoms with Crippen molar-refractivity contribution in [2.24, 2.45) is 0 Å². The summed E-state index contributed by atoms with van der Waals surface area (Å²) in [5.41, 5.74) is 3.77. The monoisotopic (exact) mass is 238 g/mol. The molecule has 15 heavy (non-hydrogen) atoms. The maximum atomic E-state index is 5.82. The summed E-state index contributed by atoms with van der Waals surface area (Å²) in [7, 11) is -1.01. The van der Waals surface area contributed by atoms with E-state index in [2.05, 4.69) is 43.5 Å². The Balaban J connectivity index is 2.38. The molecule has 0 amide bonds. The van der Waals surface area contributed by atoms with Crippen LogP contribution >= 0.6 is 11.6 Å². The van der Waals surface area contributed by atoms with Crippen molar-refractivity contribution in [3.8, 4) is 0 Å². The van der Waals surface area contributed by atoms with E-state index < -0.39 is 8.07 Å². The van der Waals surface area contributed by atoms with Crippen LogP contribution in [-0.4, -0.2) is 8.07 Å². The van der Waals surface area contributed by atoms with Gasteiger partial charge in [0.15, 0.2) is 0 Å². The van der Waals surface area contributed by atoms with Gasteiger partial charge in [0.2, 0.25) is 0 Å². The lowest BCUT2D eigenvalue weighted by Gasteiger charge is -2.07. The van der Waals surface area contributed by atoms with Crippen molar-refractivity contribution in [2.45, 2.75) is 32.5 Å². The predicted octanol–water partition coefficient (Wildman–Crippen LogP) is 4.71. The van der Waals surface area contributed by atoms with Gasteiger partial charge < -0.3 is 0 Å². The first kappa shape index (κ1) is 12.5. The van der Waals surface area contributed by atoms with Crippen molar-refractivity contribution in [1.29, 1.82) is 0 Å². The van der Waals surface area contributed by atoms with Crippen LogP contribution < -0.4 is 0 Å². The number of hydrogen-bond acceptors (Lipinski definition) is 0. The van der Waals surface area contributed by atoms with Crippen LogP contribution in [0, 0.1) is 0 Å². The van der Waals surface area contributed by atoms with E-state index in [-0.39, 0.29) is 0 Å². The summed E-state index contributed by atoms with van der Waals surface area (Å²) < 4.78 is 0. The van der Waals surface area contributed by atoms with E-state index in [1.807, 2.05) is 12.1 Å². The minimum absolute atomic E-state index is 0.816. The lowest BCUT2D eigenvalue weighted by atomic mass is 10.1. The Bertz CT molecular complexity index is 319. The summed E-state index contributed by atoms with van der Waals surface area (Å²) in [6.07, 6.45) is 4.56. The molecule has 0 fully saturated rings. The third-order valence-electron chi connectivity index (χ3n) is 2.13. The van der Waals surface area contributed by atoms with Gasteiger partial charge in [-0.3, -0.25) is 0 Å². The summed E-state index contributed by atoms with van der Waals surface area (Å²) in [4.78, 5) is 0. The first-order valence-electron chi connectivity index (χ1n) is 5.39. The molecule has 0 aliphatic heterocycles. The van der Waals surface area contributed by atoms with E-state index in [0.717, 1.165) is 17.9 Å². The fraction of sp³-hybridized carbons (Fsp3) is 0.385. The molecule has 0 saturated heterocycles. The van der Waals surface area contributed by atoms with E-state index in [9.17, 15) is 0 Å². The van der Waals surface area contributed by atoms with Gasteiger partial charge in [0, 0.05) is 5.02 Å². The summed E-state index contributed by atoms with van der Waals surface area (Å²) in [5, 5.41) is 0.816. The second-order valence-electron chi connectivity index (χ2n) is 4.93. The Morgan fingerprint density at radius 3 is 2.27 bits per heavy atom. The smallest absolute Gasteiger partial charge is 0.0682 e. The zero-order valence-electron chi connectivity index (χ0n) is 9.76. The fourth-order valence-electron chi connectivity index (χ4n) is 1.34. The molecule has 0 unspecified atom stereocenters. The van der Waals surface area contributed by atoms with E-state index >= 15 is 0 Å². The van der Waals surface area contributed by atoms with Gasteiger partial charge in [0.25, 0.3) is 0 Å². The Kier molecular flexibility index (Phi) is 4.62. The summed E-state index contributed by atoms with van der Waals surface area (Å²) in [5.74, 6) is 0. The lowest BCUT2D eigenvalue weighted by Crippen LogP contribution is -2.15. The fourth-order valence-corrected chi connectivity index (χ4v) is 2.34. The third-order valence-corrected chi connectivity index (χ3v) is 3.62. The number of benzene rings is 1. The molecular weight excluding hydrogens is 220 g/mol. The summed E-state index contributed by atoms with van der Waals surface area (Å²) in [6.45, 7) is 7.06. The number of rotatable bonds is 4. The highest BCUT2D eigenvalue weighted by molar-refractivity contribution is 6.80. The Labute approximate surface area is 99.0 Å². The molecule has 2 heteroatoms. The molecule has 0 nitrogen and oxygen atoms in total. The molecule has 0 atom stereocenters. The zero-order valence-corrected chi connectivity index (χ0v) is 11.5. The van der Waals surface area contributed by atoms with Crippen molar-refractivity contribution < 1.29 is 0 Å². The second-order valence-corrected chi connectivity index (χ2v) is 10.4. The zero-order chi connectivity index (χ0) is 11.3. The van der Waals surface area contributed by atoms with Crippen molar-refractivity contribution >= 4 is 19.7 Å². The quantitative estimate of drug-likeness (QED) is 0.667. The molecule has 0 radical (unpaired) electrons. The van der Waals surface area contributed by atoms with Crippen LogP contribution in [0.1, 0.15) is 12.0 Å². The number of halogens is 1. The highest BCUT2D eigenvalue weighted by Crippen LogP contribution is 2.11. The normalized spacial score (nSPS) is 12.3. The average molecular weight is 239 g/mol. The SMILES string of the molecule is C[Si](C)(C)/C=C/CCc1ccc(Cl)cc1. The highest BCUT2D eigenvalue weighted by Gasteiger charge is 2.05. The summed E-state index contributed by atoms with van der Waals surface area (Å²) in [6, 6.07) is 8.12. The Morgan fingerprint density at radius 2 is 1.73 bits per heavy atom. The molecule has 82 valence electrons. The van der Waals surface area contributed by atoms with Gasteiger partial charge in [-0.2, -0.15) is 0 Å². The van der Waals surface area contributed by atoms with Crippen molar-refractivity contribution in [1.82, 2.24) is 0 Å². The molecule has 1 aromatic carbocycles. The molecule has 0 heterocycles. The van der Waals surface area contributed by atoms with Crippen molar-refractivity contribution in [3.63, 3.8) is 0 Å². The van der Waals surface area contributed by atoms with Gasteiger partial charge >= 0.3 is 0 Å². The largest absolute Gasteiger partial charge is 0.0989 e. The Morgan fingerprint density at radius 1 is 1.13 bits per heavy atom. The predicted molar refractivity (Wildman–Crippen MR) is 72.3 cm³/mol. The topological polar surface area (TPSA) is 0 Å². The van der Waals surface area contributed by atoms with Crippen molar-refractivity contribution in [3.05, 3.63) is 46.6 Å². The van der Waals surface area contributed by atoms with Gasteiger partial charge in [0.05, 0.1) is 8.07 Å². The van der Waals surface area contributed by atoms with Crippen LogP contribution in [0.3, 0.4) is 0 Å². The maximum absolute atomic E-state index is 5.82. The molecule has 0 spiro atoms. The lowest BCUT2D eigenvalue weighted by molar-refractivity contribution is 1.00. The van der Waals surface area contributed by atoms with Crippen LogP contribution in [-0.2, 0) is 6.42 Å². The van der Waals surface area contributed by atoms with Crippen LogP contribution in [0.15, 0.2) is 36.0 Å². The molecule has 0 aliphatic rings. The molecule has 1 aromatic rings. The van der Waals surface area contributed by atoms with Gasteiger partial charge in [-0.25, -0.2) is 0 Å². The van der Waals surface area contributed by atoms with Gasteiger partial charge in [-0.1, -0.05) is 55.2 Å². The third kappa shape index (κ3) is 5.80. The van der Waals surface area contributed by atoms with Gasteiger partial charge in [-0.15, -0.1) is 0 Å². The maximum Gasteiger partial charge on any atom is 0.0682 e. The van der Waals surface area contributed by atoms with E-state index in [1.54, 1.807) is 0 Å². The minimum atomic E-state index is -1.01. The molecule has 0 N–H and O–H groups in total. The average Bonchev–Trinajstić information content (AvgIpc) is 2.14. The van der Waals surface area contributed by atoms with Crippen LogP contribution in [0.25, 0.3) is 0 Å². The molecule has 0 aliphatic carbocycles. The van der Waals surface area contributed by atoms with Crippen molar-refractivity contribution in [2.75, 3.05) is 0 Å². The van der Waals surface area contributed by atoms with Gasteiger partial charge in [-0.05, 0) is 30.5 Å². The van der Waals surface area contributed by atoms with Crippen LogP contribution in [0.4, 0.5) is 0 Å². The van der Waals surface area contributed by atoms with Crippen LogP contribution in [0.5, 0.6) is 0 Å². The Hall–Kier alpha value is -0.533.